The van der Waals surface area contributed by atoms with Crippen LogP contribution in [0.1, 0.15) is 33.1 Å². The largest absolute Gasteiger partial charge is 0.338 e. The van der Waals surface area contributed by atoms with Crippen LogP contribution in [0.15, 0.2) is 0 Å². The van der Waals surface area contributed by atoms with Crippen molar-refractivity contribution in [1.29, 1.82) is 0 Å². The molecule has 1 saturated heterocycles. The molecule has 17 heavy (non-hydrogen) atoms. The molecule has 3 N–H and O–H groups in total. The molecule has 100 valence electrons. The molecule has 0 saturated carbocycles. The van der Waals surface area contributed by atoms with Gasteiger partial charge in [-0.3, -0.25) is 4.79 Å². The average molecular weight is 243 g/mol. The molecular formula is C13H29N3O+2. The van der Waals surface area contributed by atoms with E-state index in [0.717, 1.165) is 19.6 Å². The van der Waals surface area contributed by atoms with Gasteiger partial charge in [-0.15, -0.1) is 0 Å². The fraction of sp³-hybridized carbons (Fsp3) is 0.923. The van der Waals surface area contributed by atoms with Gasteiger partial charge in [-0.05, 0) is 26.7 Å². The van der Waals surface area contributed by atoms with E-state index in [0.29, 0.717) is 12.5 Å². The minimum atomic E-state index is 0.331. The lowest BCUT2D eigenvalue weighted by atomic mass is 10.3. The Labute approximate surface area is 105 Å². The third kappa shape index (κ3) is 5.50. The zero-order chi connectivity index (χ0) is 12.5. The van der Waals surface area contributed by atoms with Crippen molar-refractivity contribution < 1.29 is 15.0 Å². The first-order valence-electron chi connectivity index (χ1n) is 7.21. The highest BCUT2D eigenvalue weighted by molar-refractivity contribution is 5.77. The Morgan fingerprint density at radius 1 is 1.24 bits per heavy atom. The second-order valence-electron chi connectivity index (χ2n) is 4.93. The number of rotatable bonds is 8. The van der Waals surface area contributed by atoms with Gasteiger partial charge in [0.25, 0.3) is 5.91 Å². The fourth-order valence-corrected chi connectivity index (χ4v) is 2.42. The molecule has 4 nitrogen and oxygen atoms in total. The minimum absolute atomic E-state index is 0.331. The first-order valence-corrected chi connectivity index (χ1v) is 7.21. The lowest BCUT2D eigenvalue weighted by molar-refractivity contribution is -0.898. The van der Waals surface area contributed by atoms with Crippen LogP contribution in [-0.2, 0) is 4.79 Å². The van der Waals surface area contributed by atoms with Crippen molar-refractivity contribution in [2.24, 2.45) is 0 Å². The lowest BCUT2D eigenvalue weighted by Gasteiger charge is -2.15. The van der Waals surface area contributed by atoms with Gasteiger partial charge in [-0.1, -0.05) is 0 Å². The summed E-state index contributed by atoms with van der Waals surface area (Å²) in [5.74, 6) is 0.331. The van der Waals surface area contributed by atoms with E-state index in [1.807, 2.05) is 4.90 Å². The number of carbonyl (C=O) groups excluding carboxylic acids is 1. The molecule has 0 aromatic heterocycles. The van der Waals surface area contributed by atoms with E-state index in [1.54, 1.807) is 4.90 Å². The van der Waals surface area contributed by atoms with Gasteiger partial charge < -0.3 is 15.1 Å². The zero-order valence-electron chi connectivity index (χ0n) is 11.5. The molecule has 0 aromatic carbocycles. The number of hydrogen-bond donors (Lipinski definition) is 2. The Balaban J connectivity index is 1.98. The quantitative estimate of drug-likeness (QED) is 0.500. The van der Waals surface area contributed by atoms with Crippen LogP contribution < -0.4 is 10.2 Å². The number of likely N-dealkylation sites (tertiary alicyclic amines) is 1. The van der Waals surface area contributed by atoms with Crippen molar-refractivity contribution in [2.45, 2.75) is 33.1 Å². The number of quaternary nitrogens is 2. The maximum atomic E-state index is 11.7. The van der Waals surface area contributed by atoms with Crippen molar-refractivity contribution in [2.75, 3.05) is 45.8 Å². The Morgan fingerprint density at radius 2 is 1.88 bits per heavy atom. The molecule has 1 aliphatic rings. The van der Waals surface area contributed by atoms with Gasteiger partial charge in [0.05, 0.1) is 26.2 Å². The summed E-state index contributed by atoms with van der Waals surface area (Å²) in [6.07, 6.45) is 3.60. The average Bonchev–Trinajstić information content (AvgIpc) is 2.87. The molecule has 0 aromatic rings. The van der Waals surface area contributed by atoms with Gasteiger partial charge in [-0.25, -0.2) is 0 Å². The zero-order valence-corrected chi connectivity index (χ0v) is 11.5. The molecule has 1 amide bonds. The number of nitrogens with one attached hydrogen (secondary N) is 1. The van der Waals surface area contributed by atoms with Gasteiger partial charge in [0.2, 0.25) is 0 Å². The summed E-state index contributed by atoms with van der Waals surface area (Å²) < 4.78 is 0. The number of carbonyl (C=O) groups is 1. The van der Waals surface area contributed by atoms with Crippen LogP contribution >= 0.6 is 0 Å². The Kier molecular flexibility index (Phi) is 7.21. The summed E-state index contributed by atoms with van der Waals surface area (Å²) in [5.41, 5.74) is 0. The molecule has 0 radical (unpaired) electrons. The summed E-state index contributed by atoms with van der Waals surface area (Å²) in [4.78, 5) is 15.4. The molecule has 0 aliphatic carbocycles. The van der Waals surface area contributed by atoms with Crippen molar-refractivity contribution in [3.05, 3.63) is 0 Å². The topological polar surface area (TPSA) is 41.4 Å². The van der Waals surface area contributed by atoms with E-state index in [1.165, 1.54) is 38.9 Å². The Bertz CT molecular complexity index is 211. The predicted molar refractivity (Wildman–Crippen MR) is 69.0 cm³/mol. The van der Waals surface area contributed by atoms with E-state index in [4.69, 9.17) is 0 Å². The smallest absolute Gasteiger partial charge is 0.277 e. The molecule has 1 heterocycles. The summed E-state index contributed by atoms with van der Waals surface area (Å²) in [6.45, 7) is 11.8. The molecule has 1 aliphatic heterocycles. The summed E-state index contributed by atoms with van der Waals surface area (Å²) in [5, 5.41) is 2.17. The normalized spacial score (nSPS) is 15.8. The second-order valence-corrected chi connectivity index (χ2v) is 4.93. The number of hydrogen-bond acceptors (Lipinski definition) is 1. The van der Waals surface area contributed by atoms with Gasteiger partial charge in [0.15, 0.2) is 6.54 Å². The summed E-state index contributed by atoms with van der Waals surface area (Å²) >= 11 is 0. The van der Waals surface area contributed by atoms with E-state index in [-0.39, 0.29) is 0 Å². The lowest BCUT2D eigenvalue weighted by Crippen LogP contribution is -3.11. The summed E-state index contributed by atoms with van der Waals surface area (Å²) in [6, 6.07) is 0. The van der Waals surface area contributed by atoms with E-state index in [9.17, 15) is 4.79 Å². The maximum absolute atomic E-state index is 11.7. The Hall–Kier alpha value is -0.610. The standard InChI is InChI=1S/C13H27N3O/c1-3-15(4-2)9-7-8-14-12-13(17)16-10-5-6-11-16/h14H,3-12H2,1-2H3/p+2. The molecule has 0 spiro atoms. The first-order chi connectivity index (χ1) is 8.27. The van der Waals surface area contributed by atoms with Crippen molar-refractivity contribution >= 4 is 5.91 Å². The molecule has 0 unspecified atom stereocenters. The van der Waals surface area contributed by atoms with Gasteiger partial charge >= 0.3 is 0 Å². The molecular weight excluding hydrogens is 214 g/mol. The predicted octanol–water partition coefficient (Wildman–Crippen LogP) is -1.51. The number of amides is 1. The van der Waals surface area contributed by atoms with Gasteiger partial charge in [0, 0.05) is 19.5 Å². The fourth-order valence-electron chi connectivity index (χ4n) is 2.42. The molecule has 1 rings (SSSR count). The van der Waals surface area contributed by atoms with Crippen molar-refractivity contribution in [1.82, 2.24) is 4.90 Å². The van der Waals surface area contributed by atoms with Gasteiger partial charge in [-0.2, -0.15) is 0 Å². The van der Waals surface area contributed by atoms with Crippen LogP contribution in [-0.4, -0.2) is 56.6 Å². The second kappa shape index (κ2) is 8.48. The monoisotopic (exact) mass is 243 g/mol. The third-order valence-corrected chi connectivity index (χ3v) is 3.72. The van der Waals surface area contributed by atoms with E-state index >= 15 is 0 Å². The number of nitrogens with two attached hydrogens (primary N) is 1. The van der Waals surface area contributed by atoms with Crippen LogP contribution in [0.2, 0.25) is 0 Å². The maximum Gasteiger partial charge on any atom is 0.277 e. The van der Waals surface area contributed by atoms with Crippen molar-refractivity contribution in [3.8, 4) is 0 Å². The molecule has 0 atom stereocenters. The van der Waals surface area contributed by atoms with Crippen LogP contribution in [0.4, 0.5) is 0 Å². The first kappa shape index (κ1) is 14.5. The molecule has 0 bridgehead atoms. The van der Waals surface area contributed by atoms with Gasteiger partial charge in [0.1, 0.15) is 0 Å². The molecule has 4 heteroatoms. The number of nitrogens with zero attached hydrogens (tertiary/aromatic N) is 1. The third-order valence-electron chi connectivity index (χ3n) is 3.72. The van der Waals surface area contributed by atoms with Crippen molar-refractivity contribution in [3.63, 3.8) is 0 Å². The van der Waals surface area contributed by atoms with E-state index in [2.05, 4.69) is 19.2 Å². The Morgan fingerprint density at radius 3 is 2.47 bits per heavy atom. The highest BCUT2D eigenvalue weighted by Crippen LogP contribution is 2.05. The SMILES string of the molecule is CC[NH+](CC)CCC[NH2+]CC(=O)N1CCCC1. The molecule has 1 fully saturated rings. The highest BCUT2D eigenvalue weighted by Gasteiger charge is 2.18. The highest BCUT2D eigenvalue weighted by atomic mass is 16.2. The minimum Gasteiger partial charge on any atom is -0.338 e. The van der Waals surface area contributed by atoms with Crippen LogP contribution in [0.25, 0.3) is 0 Å². The van der Waals surface area contributed by atoms with Crippen LogP contribution in [0.5, 0.6) is 0 Å². The summed E-state index contributed by atoms with van der Waals surface area (Å²) in [7, 11) is 0. The van der Waals surface area contributed by atoms with Crippen LogP contribution in [0.3, 0.4) is 0 Å². The van der Waals surface area contributed by atoms with Crippen LogP contribution in [0, 0.1) is 0 Å². The van der Waals surface area contributed by atoms with E-state index < -0.39 is 0 Å².